The van der Waals surface area contributed by atoms with Crippen molar-refractivity contribution < 1.29 is 23.9 Å². The quantitative estimate of drug-likeness (QED) is 0.160. The second-order valence-electron chi connectivity index (χ2n) is 11.3. The van der Waals surface area contributed by atoms with E-state index in [2.05, 4.69) is 35.1 Å². The Hall–Kier alpha value is -3.14. The highest BCUT2D eigenvalue weighted by atomic mass is 16.5. The van der Waals surface area contributed by atoms with E-state index >= 15 is 0 Å². The maximum atomic E-state index is 13.2. The van der Waals surface area contributed by atoms with E-state index < -0.39 is 29.9 Å². The molecule has 10 heteroatoms. The fourth-order valence-corrected chi connectivity index (χ4v) is 4.02. The molecule has 2 atom stereocenters. The van der Waals surface area contributed by atoms with Gasteiger partial charge in [0.25, 0.3) is 0 Å². The van der Waals surface area contributed by atoms with Gasteiger partial charge in [0.1, 0.15) is 12.1 Å². The average Bonchev–Trinajstić information content (AvgIpc) is 2.87. The van der Waals surface area contributed by atoms with Gasteiger partial charge in [0.2, 0.25) is 17.7 Å². The van der Waals surface area contributed by atoms with Crippen LogP contribution in [-0.2, 0) is 25.7 Å². The lowest BCUT2D eigenvalue weighted by Gasteiger charge is -2.25. The van der Waals surface area contributed by atoms with E-state index in [4.69, 9.17) is 10.5 Å². The molecule has 0 saturated carbocycles. The molecule has 40 heavy (non-hydrogen) atoms. The number of ether oxygens (including phenoxy) is 1. The largest absolute Gasteiger partial charge is 0.374 e. The lowest BCUT2D eigenvalue weighted by Crippen LogP contribution is -2.54. The minimum absolute atomic E-state index is 0.113. The first-order valence-corrected chi connectivity index (χ1v) is 14.5. The number of carbonyl (C=O) groups is 4. The van der Waals surface area contributed by atoms with E-state index in [1.807, 2.05) is 39.8 Å². The van der Waals surface area contributed by atoms with Gasteiger partial charge >= 0.3 is 6.03 Å². The first-order valence-electron chi connectivity index (χ1n) is 14.5. The summed E-state index contributed by atoms with van der Waals surface area (Å²) in [5.74, 6) is -0.523. The first-order chi connectivity index (χ1) is 18.9. The Morgan fingerprint density at radius 1 is 0.825 bits per heavy atom. The molecule has 0 unspecified atom stereocenters. The van der Waals surface area contributed by atoms with Crippen molar-refractivity contribution in [2.45, 2.75) is 111 Å². The predicted molar refractivity (Wildman–Crippen MR) is 158 cm³/mol. The molecule has 0 heterocycles. The summed E-state index contributed by atoms with van der Waals surface area (Å²) in [6, 6.07) is 5.00. The number of hydrogen-bond donors (Lipinski definition) is 5. The van der Waals surface area contributed by atoms with E-state index in [9.17, 15) is 19.2 Å². The van der Waals surface area contributed by atoms with Crippen LogP contribution in [0.2, 0.25) is 0 Å². The number of nitrogens with one attached hydrogen (secondary N) is 4. The Kier molecular flexibility index (Phi) is 16.6. The van der Waals surface area contributed by atoms with Gasteiger partial charge in [-0.05, 0) is 62.6 Å². The van der Waals surface area contributed by atoms with Crippen LogP contribution in [0.1, 0.15) is 92.1 Å². The van der Waals surface area contributed by atoms with Gasteiger partial charge in [-0.1, -0.05) is 59.1 Å². The number of rotatable bonds is 19. The van der Waals surface area contributed by atoms with Crippen molar-refractivity contribution in [3.05, 3.63) is 29.8 Å². The third-order valence-electron chi connectivity index (χ3n) is 6.36. The fraction of sp³-hybridized carbons (Fsp3) is 0.667. The number of unbranched alkanes of at least 4 members (excludes halogenated alkanes) is 2. The number of anilines is 1. The number of primary amides is 1. The highest BCUT2D eigenvalue weighted by Crippen LogP contribution is 2.14. The molecule has 0 aromatic heterocycles. The molecule has 5 amide bonds. The zero-order valence-electron chi connectivity index (χ0n) is 25.2. The van der Waals surface area contributed by atoms with Gasteiger partial charge in [-0.2, -0.15) is 0 Å². The summed E-state index contributed by atoms with van der Waals surface area (Å²) in [6.07, 6.45) is 5.11. The molecule has 1 aromatic rings. The fourth-order valence-electron chi connectivity index (χ4n) is 4.02. The normalized spacial score (nSPS) is 12.7. The van der Waals surface area contributed by atoms with Crippen molar-refractivity contribution >= 4 is 29.4 Å². The average molecular weight is 562 g/mol. The van der Waals surface area contributed by atoms with Crippen LogP contribution in [0.4, 0.5) is 10.5 Å². The monoisotopic (exact) mass is 561 g/mol. The van der Waals surface area contributed by atoms with Gasteiger partial charge in [0.05, 0.1) is 12.7 Å². The minimum atomic E-state index is -0.875. The van der Waals surface area contributed by atoms with Gasteiger partial charge in [0.15, 0.2) is 0 Å². The van der Waals surface area contributed by atoms with Crippen LogP contribution in [0.15, 0.2) is 24.3 Å². The summed E-state index contributed by atoms with van der Waals surface area (Å²) in [5.41, 5.74) is 6.70. The minimum Gasteiger partial charge on any atom is -0.374 e. The van der Waals surface area contributed by atoms with Crippen molar-refractivity contribution in [1.29, 1.82) is 0 Å². The topological polar surface area (TPSA) is 152 Å². The first kappa shape index (κ1) is 34.9. The molecule has 0 saturated heterocycles. The standard InChI is InChI=1S/C30H51N5O5/c1-20(2)11-8-7-9-13-26(36)35-27(21(3)4)29(38)34-25(12-10-18-32-30(31)39)28(37)33-24-16-14-23(15-17-24)19-40-22(5)6/h14-17,20-22,25,27H,7-13,18-19H2,1-6H3,(H,33,37)(H,34,38)(H,35,36)(H3,31,32,39)/t25-,27-/m0/s1. The van der Waals surface area contributed by atoms with Crippen LogP contribution in [0.3, 0.4) is 0 Å². The van der Waals surface area contributed by atoms with Crippen LogP contribution < -0.4 is 27.0 Å². The molecule has 0 aliphatic carbocycles. The highest BCUT2D eigenvalue weighted by molar-refractivity contribution is 5.98. The van der Waals surface area contributed by atoms with E-state index in [-0.39, 0.29) is 30.9 Å². The Labute approximate surface area is 239 Å². The summed E-state index contributed by atoms with van der Waals surface area (Å²) in [4.78, 5) is 50.0. The summed E-state index contributed by atoms with van der Waals surface area (Å²) in [6.45, 7) is 12.7. The number of amides is 5. The summed E-state index contributed by atoms with van der Waals surface area (Å²) in [7, 11) is 0. The van der Waals surface area contributed by atoms with Crippen LogP contribution >= 0.6 is 0 Å². The van der Waals surface area contributed by atoms with Crippen molar-refractivity contribution in [3.63, 3.8) is 0 Å². The van der Waals surface area contributed by atoms with Crippen molar-refractivity contribution in [2.24, 2.45) is 17.6 Å². The predicted octanol–water partition coefficient (Wildman–Crippen LogP) is 4.23. The molecule has 226 valence electrons. The van der Waals surface area contributed by atoms with E-state index in [0.29, 0.717) is 31.1 Å². The maximum absolute atomic E-state index is 13.2. The molecule has 0 radical (unpaired) electrons. The van der Waals surface area contributed by atoms with Crippen LogP contribution in [-0.4, -0.2) is 48.5 Å². The Morgan fingerprint density at radius 3 is 2.08 bits per heavy atom. The van der Waals surface area contributed by atoms with Gasteiger partial charge in [-0.15, -0.1) is 0 Å². The summed E-state index contributed by atoms with van der Waals surface area (Å²) in [5, 5.41) is 11.0. The van der Waals surface area contributed by atoms with E-state index in [0.717, 1.165) is 31.2 Å². The Bertz CT molecular complexity index is 918. The molecular weight excluding hydrogens is 510 g/mol. The van der Waals surface area contributed by atoms with E-state index in [1.165, 1.54) is 0 Å². The number of hydrogen-bond acceptors (Lipinski definition) is 5. The Balaban J connectivity index is 2.81. The summed E-state index contributed by atoms with van der Waals surface area (Å²) >= 11 is 0. The second kappa shape index (κ2) is 19.0. The van der Waals surface area contributed by atoms with Gasteiger partial charge in [-0.25, -0.2) is 4.79 Å². The number of nitrogens with two attached hydrogens (primary N) is 1. The van der Waals surface area contributed by atoms with Crippen LogP contribution in [0.5, 0.6) is 0 Å². The molecule has 0 spiro atoms. The maximum Gasteiger partial charge on any atom is 0.312 e. The van der Waals surface area contributed by atoms with Crippen LogP contribution in [0, 0.1) is 11.8 Å². The van der Waals surface area contributed by atoms with Crippen molar-refractivity contribution in [1.82, 2.24) is 16.0 Å². The highest BCUT2D eigenvalue weighted by Gasteiger charge is 2.28. The molecule has 1 rings (SSSR count). The number of urea groups is 1. The molecular formula is C30H51N5O5. The SMILES string of the molecule is CC(C)CCCCCC(=O)N[C@H](C(=O)N[C@@H](CCCNC(N)=O)C(=O)Nc1ccc(COC(C)C)cc1)C(C)C. The van der Waals surface area contributed by atoms with Gasteiger partial charge in [-0.3, -0.25) is 14.4 Å². The van der Waals surface area contributed by atoms with Crippen LogP contribution in [0.25, 0.3) is 0 Å². The van der Waals surface area contributed by atoms with Gasteiger partial charge < -0.3 is 31.7 Å². The molecule has 0 bridgehead atoms. The molecule has 0 fully saturated rings. The molecule has 6 N–H and O–H groups in total. The Morgan fingerprint density at radius 2 is 1.50 bits per heavy atom. The van der Waals surface area contributed by atoms with Crippen molar-refractivity contribution in [2.75, 3.05) is 11.9 Å². The number of carbonyl (C=O) groups excluding carboxylic acids is 4. The molecule has 0 aliphatic heterocycles. The van der Waals surface area contributed by atoms with E-state index in [1.54, 1.807) is 12.1 Å². The lowest BCUT2D eigenvalue weighted by molar-refractivity contribution is -0.132. The third-order valence-corrected chi connectivity index (χ3v) is 6.36. The van der Waals surface area contributed by atoms with Crippen molar-refractivity contribution in [3.8, 4) is 0 Å². The molecule has 0 aliphatic rings. The molecule has 10 nitrogen and oxygen atoms in total. The number of benzene rings is 1. The smallest absolute Gasteiger partial charge is 0.312 e. The second-order valence-corrected chi connectivity index (χ2v) is 11.3. The zero-order chi connectivity index (χ0) is 30.1. The lowest BCUT2D eigenvalue weighted by atomic mass is 10.0. The third kappa shape index (κ3) is 15.5. The van der Waals surface area contributed by atoms with Gasteiger partial charge in [0, 0.05) is 18.7 Å². The summed E-state index contributed by atoms with van der Waals surface area (Å²) < 4.78 is 5.61. The molecule has 1 aromatic carbocycles. The zero-order valence-corrected chi connectivity index (χ0v) is 25.2.